The molecule has 0 spiro atoms. The van der Waals surface area contributed by atoms with E-state index in [1.165, 1.54) is 0 Å². The maximum absolute atomic E-state index is 10.7. The van der Waals surface area contributed by atoms with Gasteiger partial charge >= 0.3 is 0 Å². The smallest absolute Gasteiger partial charge is 0.261 e. The lowest BCUT2D eigenvalue weighted by Gasteiger charge is -2.21. The van der Waals surface area contributed by atoms with E-state index >= 15 is 0 Å². The second kappa shape index (κ2) is 5.31. The van der Waals surface area contributed by atoms with E-state index < -0.39 is 0 Å². The molecule has 1 rings (SSSR count). The predicted molar refractivity (Wildman–Crippen MR) is 41.8 cm³/mol. The van der Waals surface area contributed by atoms with Crippen molar-refractivity contribution >= 4 is 18.3 Å². The summed E-state index contributed by atoms with van der Waals surface area (Å²) in [6, 6.07) is -0.293. The van der Waals surface area contributed by atoms with Crippen LogP contribution in [0.5, 0.6) is 0 Å². The van der Waals surface area contributed by atoms with Crippen molar-refractivity contribution < 1.29 is 10.0 Å². The summed E-state index contributed by atoms with van der Waals surface area (Å²) >= 11 is 0. The fourth-order valence-corrected chi connectivity index (χ4v) is 0.917. The number of piperazine rings is 1. The Morgan fingerprint density at radius 2 is 2.27 bits per heavy atom. The molecule has 0 aromatic rings. The summed E-state index contributed by atoms with van der Waals surface area (Å²) in [4.78, 5) is 10.7. The Bertz CT molecular complexity index is 127. The molecule has 66 valence electrons. The van der Waals surface area contributed by atoms with Gasteiger partial charge in [0.15, 0.2) is 0 Å². The fraction of sp³-hybridized carbons (Fsp3) is 0.800. The van der Waals surface area contributed by atoms with Crippen LogP contribution in [0, 0.1) is 0 Å². The molecule has 11 heavy (non-hydrogen) atoms. The number of carbonyl (C=O) groups is 1. The van der Waals surface area contributed by atoms with Crippen molar-refractivity contribution in [2.24, 2.45) is 0 Å². The third kappa shape index (κ3) is 3.02. The normalized spacial score (nSPS) is 23.5. The van der Waals surface area contributed by atoms with Crippen molar-refractivity contribution in [2.45, 2.75) is 6.04 Å². The summed E-state index contributed by atoms with van der Waals surface area (Å²) in [7, 11) is 0. The lowest BCUT2D eigenvalue weighted by atomic mass is 10.2. The first-order valence-electron chi connectivity index (χ1n) is 3.22. The van der Waals surface area contributed by atoms with Gasteiger partial charge in [0, 0.05) is 19.6 Å². The Kier molecular flexibility index (Phi) is 5.14. The van der Waals surface area contributed by atoms with Gasteiger partial charge in [-0.15, -0.1) is 12.4 Å². The molecule has 0 aromatic heterocycles. The van der Waals surface area contributed by atoms with Crippen molar-refractivity contribution in [1.82, 2.24) is 16.1 Å². The molecular weight excluding hydrogens is 170 g/mol. The van der Waals surface area contributed by atoms with E-state index in [1.807, 2.05) is 0 Å². The first-order valence-corrected chi connectivity index (χ1v) is 3.22. The van der Waals surface area contributed by atoms with Crippen molar-refractivity contribution in [2.75, 3.05) is 19.6 Å². The van der Waals surface area contributed by atoms with Crippen LogP contribution in [0.2, 0.25) is 0 Å². The number of rotatable bonds is 1. The molecule has 1 aliphatic rings. The first kappa shape index (κ1) is 10.6. The van der Waals surface area contributed by atoms with Gasteiger partial charge in [0.2, 0.25) is 0 Å². The highest BCUT2D eigenvalue weighted by Gasteiger charge is 2.18. The van der Waals surface area contributed by atoms with Crippen molar-refractivity contribution in [3.8, 4) is 0 Å². The third-order valence-electron chi connectivity index (χ3n) is 1.47. The Morgan fingerprint density at radius 1 is 1.55 bits per heavy atom. The molecule has 0 unspecified atom stereocenters. The van der Waals surface area contributed by atoms with Crippen molar-refractivity contribution in [3.63, 3.8) is 0 Å². The molecule has 0 bridgehead atoms. The van der Waals surface area contributed by atoms with Gasteiger partial charge in [-0.1, -0.05) is 0 Å². The molecular formula is C5H12ClN3O2. The minimum absolute atomic E-state index is 0. The summed E-state index contributed by atoms with van der Waals surface area (Å²) in [6.07, 6.45) is 0. The molecule has 5 nitrogen and oxygen atoms in total. The van der Waals surface area contributed by atoms with Crippen LogP contribution in [0.4, 0.5) is 0 Å². The van der Waals surface area contributed by atoms with E-state index in [4.69, 9.17) is 5.21 Å². The average molecular weight is 182 g/mol. The van der Waals surface area contributed by atoms with Gasteiger partial charge < -0.3 is 10.6 Å². The number of hydroxylamine groups is 1. The highest BCUT2D eigenvalue weighted by molar-refractivity contribution is 5.85. The minimum atomic E-state index is -0.382. The molecule has 1 atom stereocenters. The zero-order valence-electron chi connectivity index (χ0n) is 5.96. The van der Waals surface area contributed by atoms with E-state index in [-0.39, 0.29) is 24.4 Å². The predicted octanol–water partition coefficient (Wildman–Crippen LogP) is -1.52. The van der Waals surface area contributed by atoms with Crippen LogP contribution in [-0.4, -0.2) is 36.8 Å². The molecule has 1 heterocycles. The maximum Gasteiger partial charge on any atom is 0.261 e. The highest BCUT2D eigenvalue weighted by atomic mass is 35.5. The number of hydrogen-bond donors (Lipinski definition) is 4. The van der Waals surface area contributed by atoms with Gasteiger partial charge in [0.1, 0.15) is 6.04 Å². The molecule has 1 aliphatic heterocycles. The standard InChI is InChI=1S/C5H11N3O2.ClH/c9-5(8-10)4-3-6-1-2-7-4;/h4,6-7,10H,1-3H2,(H,8,9);1H/t4-;/m1./s1. The van der Waals surface area contributed by atoms with Gasteiger partial charge in [-0.3, -0.25) is 10.0 Å². The number of nitrogens with one attached hydrogen (secondary N) is 3. The average Bonchev–Trinajstić information content (AvgIpc) is 2.05. The van der Waals surface area contributed by atoms with E-state index in [0.717, 1.165) is 13.1 Å². The molecule has 0 saturated carbocycles. The van der Waals surface area contributed by atoms with Crippen molar-refractivity contribution in [1.29, 1.82) is 0 Å². The molecule has 1 amide bonds. The van der Waals surface area contributed by atoms with Crippen LogP contribution in [0.1, 0.15) is 0 Å². The lowest BCUT2D eigenvalue weighted by Crippen LogP contribution is -2.55. The monoisotopic (exact) mass is 181 g/mol. The maximum atomic E-state index is 10.7. The topological polar surface area (TPSA) is 73.4 Å². The Morgan fingerprint density at radius 3 is 2.73 bits per heavy atom. The second-order valence-corrected chi connectivity index (χ2v) is 2.19. The largest absolute Gasteiger partial charge is 0.313 e. The van der Waals surface area contributed by atoms with Crippen LogP contribution >= 0.6 is 12.4 Å². The highest BCUT2D eigenvalue weighted by Crippen LogP contribution is 1.85. The van der Waals surface area contributed by atoms with E-state index in [0.29, 0.717) is 6.54 Å². The first-order chi connectivity index (χ1) is 4.84. The summed E-state index contributed by atoms with van der Waals surface area (Å²) < 4.78 is 0. The van der Waals surface area contributed by atoms with Crippen LogP contribution in [-0.2, 0) is 4.79 Å². The van der Waals surface area contributed by atoms with Gasteiger partial charge in [-0.2, -0.15) is 0 Å². The zero-order valence-corrected chi connectivity index (χ0v) is 6.78. The fourth-order valence-electron chi connectivity index (χ4n) is 0.917. The SMILES string of the molecule is Cl.O=C(NO)[C@H]1CNCCN1. The van der Waals surface area contributed by atoms with Gasteiger partial charge in [0.05, 0.1) is 0 Å². The summed E-state index contributed by atoms with van der Waals surface area (Å²) in [5.41, 5.74) is 1.59. The van der Waals surface area contributed by atoms with E-state index in [1.54, 1.807) is 5.48 Å². The molecule has 6 heteroatoms. The number of carbonyl (C=O) groups excluding carboxylic acids is 1. The zero-order chi connectivity index (χ0) is 7.40. The van der Waals surface area contributed by atoms with Crippen LogP contribution in [0.25, 0.3) is 0 Å². The number of hydrogen-bond acceptors (Lipinski definition) is 4. The number of halogens is 1. The Hall–Kier alpha value is -0.360. The Labute approximate surface area is 70.9 Å². The molecule has 0 aromatic carbocycles. The minimum Gasteiger partial charge on any atom is -0.313 e. The van der Waals surface area contributed by atoms with Crippen molar-refractivity contribution in [3.05, 3.63) is 0 Å². The van der Waals surface area contributed by atoms with E-state index in [2.05, 4.69) is 10.6 Å². The number of amides is 1. The molecule has 1 fully saturated rings. The summed E-state index contributed by atoms with van der Waals surface area (Å²) in [5.74, 6) is -0.382. The van der Waals surface area contributed by atoms with Crippen LogP contribution < -0.4 is 16.1 Å². The van der Waals surface area contributed by atoms with E-state index in [9.17, 15) is 4.79 Å². The third-order valence-corrected chi connectivity index (χ3v) is 1.47. The van der Waals surface area contributed by atoms with Gasteiger partial charge in [-0.25, -0.2) is 5.48 Å². The molecule has 0 aliphatic carbocycles. The van der Waals surface area contributed by atoms with Crippen LogP contribution in [0.15, 0.2) is 0 Å². The quantitative estimate of drug-likeness (QED) is 0.293. The summed E-state index contributed by atoms with van der Waals surface area (Å²) in [6.45, 7) is 2.21. The van der Waals surface area contributed by atoms with Crippen LogP contribution in [0.3, 0.4) is 0 Å². The molecule has 1 saturated heterocycles. The Balaban J connectivity index is 0.000001000. The molecule has 0 radical (unpaired) electrons. The van der Waals surface area contributed by atoms with Gasteiger partial charge in [-0.05, 0) is 0 Å². The lowest BCUT2D eigenvalue weighted by molar-refractivity contribution is -0.131. The molecule has 4 N–H and O–H groups in total. The van der Waals surface area contributed by atoms with Gasteiger partial charge in [0.25, 0.3) is 5.91 Å². The summed E-state index contributed by atoms with van der Waals surface area (Å²) in [5, 5.41) is 14.2. The second-order valence-electron chi connectivity index (χ2n) is 2.19.